The third kappa shape index (κ3) is 2.52. The molecular weight excluding hydrogens is 280 g/mol. The van der Waals surface area contributed by atoms with Crippen molar-refractivity contribution in [2.24, 2.45) is 0 Å². The van der Waals surface area contributed by atoms with Crippen molar-refractivity contribution >= 4 is 22.6 Å². The van der Waals surface area contributed by atoms with E-state index in [-0.39, 0.29) is 18.2 Å². The lowest BCUT2D eigenvalue weighted by molar-refractivity contribution is -0.135. The molecule has 22 heavy (non-hydrogen) atoms. The molecule has 1 aromatic carbocycles. The van der Waals surface area contributed by atoms with Crippen molar-refractivity contribution < 1.29 is 14.3 Å². The second kappa shape index (κ2) is 5.93. The Kier molecular flexibility index (Phi) is 3.98. The fraction of sp³-hybridized carbons (Fsp3) is 0.412. The van der Waals surface area contributed by atoms with Gasteiger partial charge in [-0.25, -0.2) is 0 Å². The van der Waals surface area contributed by atoms with Crippen molar-refractivity contribution in [1.29, 1.82) is 0 Å². The summed E-state index contributed by atoms with van der Waals surface area (Å²) in [6, 6.07) is 7.75. The van der Waals surface area contributed by atoms with Crippen molar-refractivity contribution in [2.75, 3.05) is 26.3 Å². The van der Waals surface area contributed by atoms with Crippen LogP contribution in [0, 0.1) is 6.92 Å². The van der Waals surface area contributed by atoms with E-state index in [1.54, 1.807) is 6.92 Å². The Morgan fingerprint density at radius 1 is 1.18 bits per heavy atom. The Hall–Kier alpha value is -2.14. The van der Waals surface area contributed by atoms with Gasteiger partial charge in [-0.1, -0.05) is 18.2 Å². The van der Waals surface area contributed by atoms with Gasteiger partial charge in [0.15, 0.2) is 5.78 Å². The topological polar surface area (TPSA) is 51.5 Å². The zero-order valence-electron chi connectivity index (χ0n) is 13.0. The lowest BCUT2D eigenvalue weighted by Crippen LogP contribution is -2.42. The van der Waals surface area contributed by atoms with E-state index in [1.165, 1.54) is 0 Å². The maximum Gasteiger partial charge on any atom is 0.242 e. The maximum atomic E-state index is 12.5. The molecule has 0 atom stereocenters. The van der Waals surface area contributed by atoms with Gasteiger partial charge in [0, 0.05) is 35.2 Å². The average Bonchev–Trinajstić information content (AvgIpc) is 2.81. The van der Waals surface area contributed by atoms with Crippen LogP contribution in [-0.4, -0.2) is 47.5 Å². The van der Waals surface area contributed by atoms with Gasteiger partial charge in [0.05, 0.1) is 13.2 Å². The van der Waals surface area contributed by atoms with Gasteiger partial charge in [-0.05, 0) is 19.9 Å². The minimum atomic E-state index is 0.0336. The Morgan fingerprint density at radius 2 is 1.86 bits per heavy atom. The first kappa shape index (κ1) is 14.8. The van der Waals surface area contributed by atoms with Gasteiger partial charge < -0.3 is 14.2 Å². The molecule has 0 spiro atoms. The molecule has 0 saturated carbocycles. The minimum Gasteiger partial charge on any atom is -0.378 e. The van der Waals surface area contributed by atoms with Gasteiger partial charge >= 0.3 is 0 Å². The van der Waals surface area contributed by atoms with E-state index in [2.05, 4.69) is 0 Å². The van der Waals surface area contributed by atoms with Crippen molar-refractivity contribution in [3.8, 4) is 0 Å². The molecule has 0 radical (unpaired) electrons. The summed E-state index contributed by atoms with van der Waals surface area (Å²) in [5.41, 5.74) is 2.51. The maximum absolute atomic E-state index is 12.5. The van der Waals surface area contributed by atoms with Crippen LogP contribution in [-0.2, 0) is 16.1 Å². The van der Waals surface area contributed by atoms with Crippen molar-refractivity contribution in [3.05, 3.63) is 35.5 Å². The Bertz CT molecular complexity index is 727. The molecule has 2 heterocycles. The Labute approximate surface area is 129 Å². The molecular formula is C17H20N2O3. The standard InChI is InChI=1S/C17H20N2O3/c1-12-17(13(2)20)14-5-3-4-6-15(14)19(12)11-16(21)18-7-9-22-10-8-18/h3-6H,7-11H2,1-2H3. The number of nitrogens with zero attached hydrogens (tertiary/aromatic N) is 2. The van der Waals surface area contributed by atoms with Crippen LogP contribution < -0.4 is 0 Å². The monoisotopic (exact) mass is 300 g/mol. The highest BCUT2D eigenvalue weighted by atomic mass is 16.5. The highest BCUT2D eigenvalue weighted by Crippen LogP contribution is 2.26. The molecule has 1 fully saturated rings. The Morgan fingerprint density at radius 3 is 2.55 bits per heavy atom. The second-order valence-corrected chi connectivity index (χ2v) is 5.61. The molecule has 0 bridgehead atoms. The predicted molar refractivity (Wildman–Crippen MR) is 84.1 cm³/mol. The van der Waals surface area contributed by atoms with Crippen LogP contribution in [0.2, 0.25) is 0 Å². The van der Waals surface area contributed by atoms with Crippen LogP contribution in [0.15, 0.2) is 24.3 Å². The van der Waals surface area contributed by atoms with E-state index < -0.39 is 0 Å². The molecule has 0 unspecified atom stereocenters. The number of hydrogen-bond donors (Lipinski definition) is 0. The third-order valence-corrected chi connectivity index (χ3v) is 4.24. The smallest absolute Gasteiger partial charge is 0.242 e. The first-order valence-electron chi connectivity index (χ1n) is 7.54. The molecule has 5 nitrogen and oxygen atoms in total. The lowest BCUT2D eigenvalue weighted by atomic mass is 10.1. The number of para-hydroxylation sites is 1. The number of amides is 1. The quantitative estimate of drug-likeness (QED) is 0.815. The molecule has 116 valence electrons. The van der Waals surface area contributed by atoms with E-state index in [1.807, 2.05) is 40.7 Å². The first-order valence-corrected chi connectivity index (χ1v) is 7.54. The highest BCUT2D eigenvalue weighted by molar-refractivity contribution is 6.08. The number of benzene rings is 1. The van der Waals surface area contributed by atoms with Crippen LogP contribution in [0.4, 0.5) is 0 Å². The number of ketones is 1. The van der Waals surface area contributed by atoms with Gasteiger partial charge in [0.2, 0.25) is 5.91 Å². The van der Waals surface area contributed by atoms with Gasteiger partial charge in [-0.3, -0.25) is 9.59 Å². The van der Waals surface area contributed by atoms with E-state index >= 15 is 0 Å². The molecule has 0 aliphatic carbocycles. The molecule has 3 rings (SSSR count). The summed E-state index contributed by atoms with van der Waals surface area (Å²) in [7, 11) is 0. The zero-order valence-corrected chi connectivity index (χ0v) is 13.0. The number of aromatic nitrogens is 1. The number of morpholine rings is 1. The molecule has 1 aliphatic heterocycles. The van der Waals surface area contributed by atoms with E-state index in [0.717, 1.165) is 16.6 Å². The third-order valence-electron chi connectivity index (χ3n) is 4.24. The summed E-state index contributed by atoms with van der Waals surface area (Å²) < 4.78 is 7.23. The normalized spacial score (nSPS) is 15.3. The van der Waals surface area contributed by atoms with Crippen molar-refractivity contribution in [2.45, 2.75) is 20.4 Å². The van der Waals surface area contributed by atoms with E-state index in [9.17, 15) is 9.59 Å². The van der Waals surface area contributed by atoms with Gasteiger partial charge in [-0.2, -0.15) is 0 Å². The summed E-state index contributed by atoms with van der Waals surface area (Å²) in [5.74, 6) is 0.105. The van der Waals surface area contributed by atoms with Crippen LogP contribution in [0.25, 0.3) is 10.9 Å². The van der Waals surface area contributed by atoms with Gasteiger partial charge in [-0.15, -0.1) is 0 Å². The summed E-state index contributed by atoms with van der Waals surface area (Å²) in [5, 5.41) is 0.919. The number of carbonyl (C=O) groups is 2. The molecule has 1 amide bonds. The number of rotatable bonds is 3. The lowest BCUT2D eigenvalue weighted by Gasteiger charge is -2.27. The molecule has 5 heteroatoms. The Balaban J connectivity index is 1.98. The fourth-order valence-electron chi connectivity index (χ4n) is 3.13. The molecule has 1 aromatic heterocycles. The van der Waals surface area contributed by atoms with Crippen LogP contribution in [0.3, 0.4) is 0 Å². The molecule has 2 aromatic rings. The summed E-state index contributed by atoms with van der Waals surface area (Å²) >= 11 is 0. The number of carbonyl (C=O) groups excluding carboxylic acids is 2. The molecule has 1 saturated heterocycles. The number of Topliss-reactive ketones (excluding diaryl/α,β-unsaturated/α-hetero) is 1. The minimum absolute atomic E-state index is 0.0336. The average molecular weight is 300 g/mol. The molecule has 0 N–H and O–H groups in total. The van der Waals surface area contributed by atoms with Crippen LogP contribution >= 0.6 is 0 Å². The first-order chi connectivity index (χ1) is 10.6. The summed E-state index contributed by atoms with van der Waals surface area (Å²) in [6.45, 7) is 6.20. The number of ether oxygens (including phenoxy) is 1. The summed E-state index contributed by atoms with van der Waals surface area (Å²) in [6.07, 6.45) is 0. The SMILES string of the molecule is CC(=O)c1c(C)n(CC(=O)N2CCOCC2)c2ccccc12. The summed E-state index contributed by atoms with van der Waals surface area (Å²) in [4.78, 5) is 26.3. The van der Waals surface area contributed by atoms with Gasteiger partial charge in [0.25, 0.3) is 0 Å². The number of hydrogen-bond acceptors (Lipinski definition) is 3. The van der Waals surface area contributed by atoms with Crippen molar-refractivity contribution in [3.63, 3.8) is 0 Å². The highest BCUT2D eigenvalue weighted by Gasteiger charge is 2.21. The fourth-order valence-corrected chi connectivity index (χ4v) is 3.13. The zero-order chi connectivity index (χ0) is 15.7. The predicted octanol–water partition coefficient (Wildman–Crippen LogP) is 2.01. The molecule has 1 aliphatic rings. The largest absolute Gasteiger partial charge is 0.378 e. The van der Waals surface area contributed by atoms with E-state index in [4.69, 9.17) is 4.74 Å². The van der Waals surface area contributed by atoms with Crippen LogP contribution in [0.5, 0.6) is 0 Å². The van der Waals surface area contributed by atoms with Crippen LogP contribution in [0.1, 0.15) is 23.0 Å². The van der Waals surface area contributed by atoms with Gasteiger partial charge in [0.1, 0.15) is 6.54 Å². The van der Waals surface area contributed by atoms with E-state index in [0.29, 0.717) is 31.9 Å². The number of fused-ring (bicyclic) bond motifs is 1. The van der Waals surface area contributed by atoms with Crippen molar-refractivity contribution in [1.82, 2.24) is 9.47 Å². The second-order valence-electron chi connectivity index (χ2n) is 5.61.